The van der Waals surface area contributed by atoms with Crippen LogP contribution in [0.4, 0.5) is 5.82 Å². The largest absolute Gasteiger partial charge is 0.370 e. The molecule has 1 fully saturated rings. The maximum atomic E-state index is 4.77. The van der Waals surface area contributed by atoms with E-state index in [9.17, 15) is 0 Å². The lowest BCUT2D eigenvalue weighted by atomic mass is 10.1. The van der Waals surface area contributed by atoms with Crippen LogP contribution in [0.5, 0.6) is 0 Å². The number of nitrogens with one attached hydrogen (secondary N) is 2. The lowest BCUT2D eigenvalue weighted by Crippen LogP contribution is -2.34. The van der Waals surface area contributed by atoms with Crippen molar-refractivity contribution in [1.29, 1.82) is 0 Å². The Labute approximate surface area is 128 Å². The number of likely N-dealkylation sites (N-methyl/N-ethyl adjacent to an activating group) is 1. The third kappa shape index (κ3) is 3.95. The van der Waals surface area contributed by atoms with Gasteiger partial charge in [-0.1, -0.05) is 6.07 Å². The van der Waals surface area contributed by atoms with Gasteiger partial charge in [0.15, 0.2) is 0 Å². The number of nitrogens with zero attached hydrogens (tertiary/aromatic N) is 2. The summed E-state index contributed by atoms with van der Waals surface area (Å²) in [5.74, 6) is 1.13. The topological polar surface area (TPSA) is 40.2 Å². The normalized spacial score (nSPS) is 21.3. The third-order valence-electron chi connectivity index (χ3n) is 4.80. The summed E-state index contributed by atoms with van der Waals surface area (Å²) in [4.78, 5) is 7.29. The Kier molecular flexibility index (Phi) is 5.09. The van der Waals surface area contributed by atoms with E-state index in [-0.39, 0.29) is 0 Å². The van der Waals surface area contributed by atoms with E-state index in [2.05, 4.69) is 34.7 Å². The molecule has 21 heavy (non-hydrogen) atoms. The van der Waals surface area contributed by atoms with Gasteiger partial charge in [0.2, 0.25) is 0 Å². The van der Waals surface area contributed by atoms with Crippen molar-refractivity contribution in [1.82, 2.24) is 15.2 Å². The molecule has 0 aromatic carbocycles. The molecule has 0 spiro atoms. The van der Waals surface area contributed by atoms with Crippen molar-refractivity contribution in [2.75, 3.05) is 38.5 Å². The molecule has 2 aliphatic rings. The Morgan fingerprint density at radius 3 is 3.10 bits per heavy atom. The number of hydrogen-bond donors (Lipinski definition) is 2. The average molecular weight is 288 g/mol. The SMILES string of the molecule is CN(CCCCc1ccc2c(n1)NCCC2)[C@H]1CCNC1. The summed E-state index contributed by atoms with van der Waals surface area (Å²) >= 11 is 0. The zero-order chi connectivity index (χ0) is 14.5. The molecule has 4 heteroatoms. The first-order chi connectivity index (χ1) is 10.3. The van der Waals surface area contributed by atoms with E-state index >= 15 is 0 Å². The minimum atomic E-state index is 0.746. The Balaban J connectivity index is 1.41. The molecule has 1 atom stereocenters. The van der Waals surface area contributed by atoms with Crippen molar-refractivity contribution < 1.29 is 0 Å². The number of anilines is 1. The number of aromatic nitrogens is 1. The second-order valence-electron chi connectivity index (χ2n) is 6.42. The lowest BCUT2D eigenvalue weighted by molar-refractivity contribution is 0.252. The number of pyridine rings is 1. The van der Waals surface area contributed by atoms with Gasteiger partial charge in [-0.25, -0.2) is 4.98 Å². The van der Waals surface area contributed by atoms with Gasteiger partial charge in [-0.15, -0.1) is 0 Å². The van der Waals surface area contributed by atoms with Crippen molar-refractivity contribution in [2.45, 2.75) is 44.6 Å². The van der Waals surface area contributed by atoms with E-state index in [0.717, 1.165) is 31.4 Å². The monoisotopic (exact) mass is 288 g/mol. The molecule has 0 aliphatic carbocycles. The summed E-state index contributed by atoms with van der Waals surface area (Å²) in [5.41, 5.74) is 2.63. The van der Waals surface area contributed by atoms with Crippen LogP contribution in [0.3, 0.4) is 0 Å². The molecule has 2 N–H and O–H groups in total. The van der Waals surface area contributed by atoms with Crippen LogP contribution < -0.4 is 10.6 Å². The van der Waals surface area contributed by atoms with Crippen molar-refractivity contribution in [3.05, 3.63) is 23.4 Å². The van der Waals surface area contributed by atoms with Gasteiger partial charge in [0.1, 0.15) is 5.82 Å². The Morgan fingerprint density at radius 2 is 2.24 bits per heavy atom. The Morgan fingerprint density at radius 1 is 1.29 bits per heavy atom. The van der Waals surface area contributed by atoms with E-state index < -0.39 is 0 Å². The van der Waals surface area contributed by atoms with Gasteiger partial charge >= 0.3 is 0 Å². The molecule has 1 aromatic rings. The fourth-order valence-corrected chi connectivity index (χ4v) is 3.37. The van der Waals surface area contributed by atoms with Crippen LogP contribution in [0.1, 0.15) is 36.9 Å². The molecule has 4 nitrogen and oxygen atoms in total. The van der Waals surface area contributed by atoms with Crippen LogP contribution in [0.15, 0.2) is 12.1 Å². The number of hydrogen-bond acceptors (Lipinski definition) is 4. The van der Waals surface area contributed by atoms with Crippen LogP contribution in [0.2, 0.25) is 0 Å². The molecule has 116 valence electrons. The molecule has 2 aliphatic heterocycles. The smallest absolute Gasteiger partial charge is 0.129 e. The van der Waals surface area contributed by atoms with Crippen LogP contribution in [-0.2, 0) is 12.8 Å². The van der Waals surface area contributed by atoms with E-state index in [1.165, 1.54) is 56.5 Å². The van der Waals surface area contributed by atoms with Crippen LogP contribution in [0, 0.1) is 0 Å². The van der Waals surface area contributed by atoms with Crippen molar-refractivity contribution in [3.8, 4) is 0 Å². The quantitative estimate of drug-likeness (QED) is 0.786. The molecular formula is C17H28N4. The minimum Gasteiger partial charge on any atom is -0.370 e. The van der Waals surface area contributed by atoms with Gasteiger partial charge in [-0.2, -0.15) is 0 Å². The van der Waals surface area contributed by atoms with E-state index in [0.29, 0.717) is 0 Å². The molecule has 1 saturated heterocycles. The lowest BCUT2D eigenvalue weighted by Gasteiger charge is -2.23. The number of fused-ring (bicyclic) bond motifs is 1. The van der Waals surface area contributed by atoms with Crippen LogP contribution in [-0.4, -0.2) is 49.2 Å². The second-order valence-corrected chi connectivity index (χ2v) is 6.42. The third-order valence-corrected chi connectivity index (χ3v) is 4.80. The first-order valence-corrected chi connectivity index (χ1v) is 8.46. The average Bonchev–Trinajstić information content (AvgIpc) is 3.06. The summed E-state index contributed by atoms with van der Waals surface area (Å²) in [6.07, 6.45) is 7.31. The summed E-state index contributed by atoms with van der Waals surface area (Å²) in [5, 5.41) is 6.86. The fraction of sp³-hybridized carbons (Fsp3) is 0.706. The molecule has 3 rings (SSSR count). The molecule has 3 heterocycles. The Hall–Kier alpha value is -1.13. The predicted molar refractivity (Wildman–Crippen MR) is 87.9 cm³/mol. The molecule has 0 amide bonds. The molecule has 0 unspecified atom stereocenters. The molecule has 0 bridgehead atoms. The second kappa shape index (κ2) is 7.23. The highest BCUT2D eigenvalue weighted by Crippen LogP contribution is 2.20. The molecular weight excluding hydrogens is 260 g/mol. The summed E-state index contributed by atoms with van der Waals surface area (Å²) in [7, 11) is 2.26. The predicted octanol–water partition coefficient (Wildman–Crippen LogP) is 2.06. The van der Waals surface area contributed by atoms with Gasteiger partial charge in [0, 0.05) is 24.8 Å². The van der Waals surface area contributed by atoms with Crippen LogP contribution >= 0.6 is 0 Å². The highest BCUT2D eigenvalue weighted by molar-refractivity contribution is 5.46. The van der Waals surface area contributed by atoms with Crippen molar-refractivity contribution >= 4 is 5.82 Å². The molecule has 0 radical (unpaired) electrons. The van der Waals surface area contributed by atoms with Crippen molar-refractivity contribution in [3.63, 3.8) is 0 Å². The first-order valence-electron chi connectivity index (χ1n) is 8.46. The maximum absolute atomic E-state index is 4.77. The minimum absolute atomic E-state index is 0.746. The van der Waals surface area contributed by atoms with E-state index in [1.54, 1.807) is 0 Å². The van der Waals surface area contributed by atoms with Crippen molar-refractivity contribution in [2.24, 2.45) is 0 Å². The van der Waals surface area contributed by atoms with Gasteiger partial charge in [0.05, 0.1) is 0 Å². The summed E-state index contributed by atoms with van der Waals surface area (Å²) in [6.45, 7) is 4.62. The van der Waals surface area contributed by atoms with E-state index in [4.69, 9.17) is 4.98 Å². The fourth-order valence-electron chi connectivity index (χ4n) is 3.37. The number of aryl methyl sites for hydroxylation is 2. The highest BCUT2D eigenvalue weighted by Gasteiger charge is 2.18. The van der Waals surface area contributed by atoms with Gasteiger partial charge in [-0.3, -0.25) is 0 Å². The van der Waals surface area contributed by atoms with Gasteiger partial charge in [0.25, 0.3) is 0 Å². The Bertz CT molecular complexity index is 454. The zero-order valence-electron chi connectivity index (χ0n) is 13.2. The van der Waals surface area contributed by atoms with Gasteiger partial charge < -0.3 is 15.5 Å². The molecule has 1 aromatic heterocycles. The summed E-state index contributed by atoms with van der Waals surface area (Å²) in [6, 6.07) is 5.23. The van der Waals surface area contributed by atoms with Gasteiger partial charge in [-0.05, 0) is 70.3 Å². The zero-order valence-corrected chi connectivity index (χ0v) is 13.2. The number of rotatable bonds is 6. The standard InChI is InChI=1S/C17H28N4/c1-21(16-9-11-18-13-16)12-3-2-6-15-8-7-14-5-4-10-19-17(14)20-15/h7-8,16,18H,2-6,9-13H2,1H3,(H,19,20)/t16-/m0/s1. The summed E-state index contributed by atoms with van der Waals surface area (Å²) < 4.78 is 0. The van der Waals surface area contributed by atoms with E-state index in [1.807, 2.05) is 0 Å². The van der Waals surface area contributed by atoms with Crippen LogP contribution in [0.25, 0.3) is 0 Å². The molecule has 0 saturated carbocycles. The maximum Gasteiger partial charge on any atom is 0.129 e. The first kappa shape index (κ1) is 14.8. The highest BCUT2D eigenvalue weighted by atomic mass is 15.2. The number of unbranched alkanes of at least 4 members (excludes halogenated alkanes) is 1.